The Balaban J connectivity index is 2.12. The van der Waals surface area contributed by atoms with E-state index in [1.165, 1.54) is 0 Å². The molecule has 1 aliphatic rings. The first kappa shape index (κ1) is 15.2. The van der Waals surface area contributed by atoms with Crippen LogP contribution in [0.1, 0.15) is 22.5 Å². The zero-order valence-corrected chi connectivity index (χ0v) is 13.1. The molecule has 0 spiro atoms. The molecule has 5 nitrogen and oxygen atoms in total. The van der Waals surface area contributed by atoms with Gasteiger partial charge in [0.1, 0.15) is 5.82 Å². The highest BCUT2D eigenvalue weighted by atomic mass is 16.5. The molecule has 23 heavy (non-hydrogen) atoms. The normalized spacial score (nSPS) is 17.1. The molecule has 0 aliphatic heterocycles. The number of rotatable bonds is 4. The zero-order chi connectivity index (χ0) is 16.4. The molecule has 1 unspecified atom stereocenters. The number of imidazole rings is 1. The predicted molar refractivity (Wildman–Crippen MR) is 88.2 cm³/mol. The third-order valence-electron chi connectivity index (χ3n) is 3.83. The van der Waals surface area contributed by atoms with Crippen LogP contribution in [0.4, 0.5) is 0 Å². The number of carboxylic acid groups (broad SMARTS) is 1. The molecular weight excluding hydrogens is 292 g/mol. The van der Waals surface area contributed by atoms with Crippen LogP contribution in [-0.4, -0.2) is 33.8 Å². The first-order valence-corrected chi connectivity index (χ1v) is 7.39. The molecule has 0 amide bonds. The van der Waals surface area contributed by atoms with Gasteiger partial charge < -0.3 is 9.84 Å². The molecule has 1 aromatic carbocycles. The molecule has 118 valence electrons. The van der Waals surface area contributed by atoms with Gasteiger partial charge in [-0.2, -0.15) is 0 Å². The van der Waals surface area contributed by atoms with Crippen molar-refractivity contribution >= 4 is 11.7 Å². The van der Waals surface area contributed by atoms with E-state index in [4.69, 9.17) is 4.74 Å². The van der Waals surface area contributed by atoms with Crippen LogP contribution in [0.3, 0.4) is 0 Å². The van der Waals surface area contributed by atoms with E-state index in [1.54, 1.807) is 17.9 Å². The van der Waals surface area contributed by atoms with E-state index in [-0.39, 0.29) is 11.8 Å². The van der Waals surface area contributed by atoms with Crippen LogP contribution >= 0.6 is 0 Å². The Labute approximate surface area is 134 Å². The molecule has 0 bridgehead atoms. The van der Waals surface area contributed by atoms with E-state index >= 15 is 0 Å². The van der Waals surface area contributed by atoms with Crippen LogP contribution in [0, 0.1) is 6.92 Å². The summed E-state index contributed by atoms with van der Waals surface area (Å²) in [5.41, 5.74) is 2.89. The molecule has 3 rings (SSSR count). The maximum Gasteiger partial charge on any atom is 0.356 e. The maximum absolute atomic E-state index is 11.3. The lowest BCUT2D eigenvalue weighted by molar-refractivity contribution is 0.0691. The summed E-state index contributed by atoms with van der Waals surface area (Å²) in [6.45, 7) is 2.01. The summed E-state index contributed by atoms with van der Waals surface area (Å²) in [6, 6.07) is 7.86. The highest BCUT2D eigenvalue weighted by Crippen LogP contribution is 2.26. The summed E-state index contributed by atoms with van der Waals surface area (Å²) in [6.07, 6.45) is 8.29. The largest absolute Gasteiger partial charge is 0.476 e. The van der Waals surface area contributed by atoms with Crippen molar-refractivity contribution in [2.75, 3.05) is 7.11 Å². The van der Waals surface area contributed by atoms with Crippen molar-refractivity contribution in [3.8, 4) is 11.4 Å². The summed E-state index contributed by atoms with van der Waals surface area (Å²) in [7, 11) is 1.66. The van der Waals surface area contributed by atoms with Crippen LogP contribution in [0.15, 0.2) is 48.7 Å². The number of hydrogen-bond donors (Lipinski definition) is 1. The van der Waals surface area contributed by atoms with Gasteiger partial charge in [0.05, 0.1) is 6.10 Å². The van der Waals surface area contributed by atoms with Gasteiger partial charge in [0.25, 0.3) is 0 Å². The van der Waals surface area contributed by atoms with Gasteiger partial charge >= 0.3 is 5.97 Å². The number of benzene rings is 1. The number of aromatic nitrogens is 2. The highest BCUT2D eigenvalue weighted by Gasteiger charge is 2.18. The van der Waals surface area contributed by atoms with Crippen molar-refractivity contribution in [2.45, 2.75) is 19.4 Å². The number of hydrogen-bond acceptors (Lipinski definition) is 3. The number of ether oxygens (including phenoxy) is 1. The van der Waals surface area contributed by atoms with Crippen molar-refractivity contribution in [3.63, 3.8) is 0 Å². The van der Waals surface area contributed by atoms with Gasteiger partial charge in [-0.3, -0.25) is 4.57 Å². The second-order valence-electron chi connectivity index (χ2n) is 5.49. The molecule has 0 radical (unpaired) electrons. The first-order valence-electron chi connectivity index (χ1n) is 7.39. The quantitative estimate of drug-likeness (QED) is 0.940. The van der Waals surface area contributed by atoms with Crippen molar-refractivity contribution in [1.29, 1.82) is 0 Å². The van der Waals surface area contributed by atoms with Crippen LogP contribution in [-0.2, 0) is 4.74 Å². The lowest BCUT2D eigenvalue weighted by Gasteiger charge is -2.17. The standard InChI is InChI=1S/C18H18N2O3/c1-12-6-8-13(9-7-12)17-19-16(18(21)22)11-20(17)14-4-3-5-15(10-14)23-2/h3-4,6-11,15H,5H2,1-2H3,(H,21,22). The van der Waals surface area contributed by atoms with Crippen LogP contribution < -0.4 is 0 Å². The molecular formula is C18H18N2O3. The predicted octanol–water partition coefficient (Wildman–Crippen LogP) is 3.37. The number of methoxy groups -OCH3 is 1. The smallest absolute Gasteiger partial charge is 0.356 e. The third kappa shape index (κ3) is 3.10. The average Bonchev–Trinajstić information content (AvgIpc) is 3.01. The highest BCUT2D eigenvalue weighted by molar-refractivity contribution is 5.87. The lowest BCUT2D eigenvalue weighted by Crippen LogP contribution is -2.11. The molecule has 0 saturated carbocycles. The fraction of sp³-hybridized carbons (Fsp3) is 0.222. The Morgan fingerprint density at radius 3 is 2.74 bits per heavy atom. The molecule has 1 N–H and O–H groups in total. The summed E-state index contributed by atoms with van der Waals surface area (Å²) in [4.78, 5) is 15.6. The van der Waals surface area contributed by atoms with Crippen molar-refractivity contribution in [2.24, 2.45) is 0 Å². The Hall–Kier alpha value is -2.66. The molecule has 0 saturated heterocycles. The first-order chi connectivity index (χ1) is 11.1. The SMILES string of the molecule is COC1C=C(n2cc(C(=O)O)nc2-c2ccc(C)cc2)C=CC1. The van der Waals surface area contributed by atoms with Crippen LogP contribution in [0.2, 0.25) is 0 Å². The molecule has 1 heterocycles. The van der Waals surface area contributed by atoms with Crippen molar-refractivity contribution < 1.29 is 14.6 Å². The van der Waals surface area contributed by atoms with E-state index < -0.39 is 5.97 Å². The Morgan fingerprint density at radius 2 is 2.09 bits per heavy atom. The van der Waals surface area contributed by atoms with E-state index in [9.17, 15) is 9.90 Å². The van der Waals surface area contributed by atoms with Gasteiger partial charge in [-0.1, -0.05) is 35.9 Å². The molecule has 0 fully saturated rings. The molecule has 5 heteroatoms. The lowest BCUT2D eigenvalue weighted by atomic mass is 10.1. The molecule has 1 atom stereocenters. The van der Waals surface area contributed by atoms with Crippen molar-refractivity contribution in [1.82, 2.24) is 9.55 Å². The monoisotopic (exact) mass is 310 g/mol. The van der Waals surface area contributed by atoms with Gasteiger partial charge in [-0.25, -0.2) is 9.78 Å². The second-order valence-corrected chi connectivity index (χ2v) is 5.49. The van der Waals surface area contributed by atoms with E-state index in [0.29, 0.717) is 5.82 Å². The Bertz CT molecular complexity index is 785. The number of aryl methyl sites for hydroxylation is 1. The molecule has 2 aromatic rings. The number of allylic oxidation sites excluding steroid dienone is 2. The van der Waals surface area contributed by atoms with Gasteiger partial charge in [0.2, 0.25) is 0 Å². The van der Waals surface area contributed by atoms with Crippen LogP contribution in [0.5, 0.6) is 0 Å². The fourth-order valence-corrected chi connectivity index (χ4v) is 2.55. The Morgan fingerprint density at radius 1 is 1.35 bits per heavy atom. The Kier molecular flexibility index (Phi) is 4.12. The number of aromatic carboxylic acids is 1. The summed E-state index contributed by atoms with van der Waals surface area (Å²) in [5.74, 6) is -0.434. The van der Waals surface area contributed by atoms with Gasteiger partial charge in [-0.15, -0.1) is 0 Å². The van der Waals surface area contributed by atoms with Gasteiger partial charge in [0, 0.05) is 24.6 Å². The summed E-state index contributed by atoms with van der Waals surface area (Å²) < 4.78 is 7.18. The number of nitrogens with zero attached hydrogens (tertiary/aromatic N) is 2. The molecule has 1 aromatic heterocycles. The van der Waals surface area contributed by atoms with Crippen molar-refractivity contribution in [3.05, 3.63) is 59.9 Å². The topological polar surface area (TPSA) is 64.3 Å². The average molecular weight is 310 g/mol. The number of carboxylic acids is 1. The minimum absolute atomic E-state index is 0.0171. The third-order valence-corrected chi connectivity index (χ3v) is 3.83. The minimum Gasteiger partial charge on any atom is -0.476 e. The van der Waals surface area contributed by atoms with Crippen LogP contribution in [0.25, 0.3) is 17.1 Å². The van der Waals surface area contributed by atoms with E-state index in [1.807, 2.05) is 49.4 Å². The number of carbonyl (C=O) groups is 1. The second kappa shape index (κ2) is 6.22. The minimum atomic E-state index is -1.04. The fourth-order valence-electron chi connectivity index (χ4n) is 2.55. The van der Waals surface area contributed by atoms with E-state index in [2.05, 4.69) is 4.98 Å². The van der Waals surface area contributed by atoms with E-state index in [0.717, 1.165) is 23.2 Å². The summed E-state index contributed by atoms with van der Waals surface area (Å²) >= 11 is 0. The maximum atomic E-state index is 11.3. The zero-order valence-electron chi connectivity index (χ0n) is 13.1. The molecule has 1 aliphatic carbocycles. The van der Waals surface area contributed by atoms with Gasteiger partial charge in [0.15, 0.2) is 5.69 Å². The van der Waals surface area contributed by atoms with Gasteiger partial charge in [-0.05, 0) is 25.5 Å². The summed E-state index contributed by atoms with van der Waals surface area (Å²) in [5, 5.41) is 9.27.